The first-order valence-electron chi connectivity index (χ1n) is 7.85. The molecule has 1 aromatic heterocycles. The maximum Gasteiger partial charge on any atom is 0.198 e. The first-order chi connectivity index (χ1) is 11.6. The smallest absolute Gasteiger partial charge is 0.198 e. The molecule has 4 nitrogen and oxygen atoms in total. The molecule has 0 amide bonds. The molecule has 120 valence electrons. The van der Waals surface area contributed by atoms with E-state index in [1.165, 1.54) is 5.56 Å². The first kappa shape index (κ1) is 15.7. The second-order valence-electron chi connectivity index (χ2n) is 5.66. The van der Waals surface area contributed by atoms with Gasteiger partial charge in [-0.3, -0.25) is 10.3 Å². The Labute approximate surface area is 142 Å². The lowest BCUT2D eigenvalue weighted by Crippen LogP contribution is -2.33. The van der Waals surface area contributed by atoms with Gasteiger partial charge in [-0.25, -0.2) is 4.98 Å². The molecule has 0 atom stereocenters. The maximum absolute atomic E-state index is 7.98. The van der Waals surface area contributed by atoms with Crippen LogP contribution in [0.3, 0.4) is 0 Å². The topological polar surface area (TPSA) is 66.0 Å². The summed E-state index contributed by atoms with van der Waals surface area (Å²) in [5.74, 6) is 0.610. The molecule has 3 aromatic rings. The van der Waals surface area contributed by atoms with Crippen molar-refractivity contribution in [2.75, 3.05) is 4.90 Å². The summed E-state index contributed by atoms with van der Waals surface area (Å²) in [7, 11) is 0. The van der Waals surface area contributed by atoms with E-state index in [-0.39, 0.29) is 5.96 Å². The van der Waals surface area contributed by atoms with Crippen LogP contribution in [0.4, 0.5) is 11.5 Å². The molecule has 1 heterocycles. The molecule has 0 bridgehead atoms. The Morgan fingerprint density at radius 1 is 0.958 bits per heavy atom. The monoisotopic (exact) mass is 316 g/mol. The molecule has 0 aliphatic rings. The zero-order chi connectivity index (χ0) is 16.9. The number of nitrogens with one attached hydrogen (secondary N) is 1. The van der Waals surface area contributed by atoms with E-state index >= 15 is 0 Å². The Hall–Kier alpha value is -3.14. The lowest BCUT2D eigenvalue weighted by atomic mass is 10.1. The van der Waals surface area contributed by atoms with E-state index in [9.17, 15) is 0 Å². The number of aromatic nitrogens is 1. The molecule has 0 spiro atoms. The van der Waals surface area contributed by atoms with Crippen LogP contribution in [0.1, 0.15) is 16.8 Å². The van der Waals surface area contributed by atoms with Gasteiger partial charge in [0.2, 0.25) is 0 Å². The summed E-state index contributed by atoms with van der Waals surface area (Å²) in [4.78, 5) is 6.38. The molecule has 0 saturated heterocycles. The van der Waals surface area contributed by atoms with Crippen molar-refractivity contribution in [3.8, 4) is 0 Å². The van der Waals surface area contributed by atoms with Crippen molar-refractivity contribution in [1.29, 1.82) is 5.41 Å². The Balaban J connectivity index is 1.96. The summed E-state index contributed by atoms with van der Waals surface area (Å²) in [6.45, 7) is 2.00. The number of hydrogen-bond acceptors (Lipinski definition) is 2. The number of anilines is 2. The third-order valence-electron chi connectivity index (χ3n) is 3.85. The normalized spacial score (nSPS) is 10.4. The van der Waals surface area contributed by atoms with Gasteiger partial charge in [0.15, 0.2) is 5.96 Å². The van der Waals surface area contributed by atoms with Crippen molar-refractivity contribution >= 4 is 17.5 Å². The Morgan fingerprint density at radius 3 is 2.38 bits per heavy atom. The number of rotatable bonds is 4. The van der Waals surface area contributed by atoms with Crippen molar-refractivity contribution in [2.45, 2.75) is 13.3 Å². The molecule has 3 N–H and O–H groups in total. The molecule has 0 aliphatic carbocycles. The summed E-state index contributed by atoms with van der Waals surface area (Å²) >= 11 is 0. The van der Waals surface area contributed by atoms with Gasteiger partial charge in [-0.2, -0.15) is 0 Å². The number of hydrogen-bond donors (Lipinski definition) is 2. The van der Waals surface area contributed by atoms with Crippen molar-refractivity contribution in [3.05, 3.63) is 89.6 Å². The van der Waals surface area contributed by atoms with E-state index in [0.717, 1.165) is 23.4 Å². The van der Waals surface area contributed by atoms with E-state index in [4.69, 9.17) is 16.1 Å². The SMILES string of the molecule is Cc1ccccc1N(C(=N)N)c1cccc(Cc2ccccc2)n1. The molecular weight excluding hydrogens is 296 g/mol. The number of guanidine groups is 1. The van der Waals surface area contributed by atoms with Gasteiger partial charge >= 0.3 is 0 Å². The zero-order valence-electron chi connectivity index (χ0n) is 13.6. The fourth-order valence-electron chi connectivity index (χ4n) is 2.69. The standard InChI is InChI=1S/C20H20N4/c1-15-8-5-6-12-18(15)24(20(21)22)19-13-7-11-17(23-19)14-16-9-3-2-4-10-16/h2-13H,14H2,1H3,(H3,21,22). The van der Waals surface area contributed by atoms with Crippen LogP contribution in [-0.4, -0.2) is 10.9 Å². The van der Waals surface area contributed by atoms with E-state index < -0.39 is 0 Å². The van der Waals surface area contributed by atoms with E-state index in [1.807, 2.05) is 67.6 Å². The highest BCUT2D eigenvalue weighted by Crippen LogP contribution is 2.26. The van der Waals surface area contributed by atoms with Crippen LogP contribution in [0.5, 0.6) is 0 Å². The number of pyridine rings is 1. The van der Waals surface area contributed by atoms with Crippen molar-refractivity contribution in [2.24, 2.45) is 5.73 Å². The highest BCUT2D eigenvalue weighted by atomic mass is 15.3. The van der Waals surface area contributed by atoms with Gasteiger partial charge in [-0.1, -0.05) is 54.6 Å². The largest absolute Gasteiger partial charge is 0.369 e. The minimum absolute atomic E-state index is 0.0475. The highest BCUT2D eigenvalue weighted by Gasteiger charge is 2.16. The van der Waals surface area contributed by atoms with Crippen LogP contribution < -0.4 is 10.6 Å². The summed E-state index contributed by atoms with van der Waals surface area (Å²) in [5.41, 5.74) is 9.90. The first-order valence-corrected chi connectivity index (χ1v) is 7.85. The van der Waals surface area contributed by atoms with Crippen LogP contribution in [0.25, 0.3) is 0 Å². The highest BCUT2D eigenvalue weighted by molar-refractivity contribution is 5.99. The molecule has 0 unspecified atom stereocenters. The fraction of sp³-hybridized carbons (Fsp3) is 0.100. The molecule has 24 heavy (non-hydrogen) atoms. The van der Waals surface area contributed by atoms with Gasteiger partial charge in [0.05, 0.1) is 5.69 Å². The molecule has 2 aromatic carbocycles. The van der Waals surface area contributed by atoms with Gasteiger partial charge in [0.1, 0.15) is 5.82 Å². The third kappa shape index (κ3) is 3.43. The number of nitrogens with zero attached hydrogens (tertiary/aromatic N) is 2. The molecule has 0 radical (unpaired) electrons. The summed E-state index contributed by atoms with van der Waals surface area (Å²) in [6, 6.07) is 23.9. The van der Waals surface area contributed by atoms with E-state index in [0.29, 0.717) is 5.82 Å². The minimum Gasteiger partial charge on any atom is -0.369 e. The number of benzene rings is 2. The Bertz CT molecular complexity index is 843. The van der Waals surface area contributed by atoms with Crippen LogP contribution in [0, 0.1) is 12.3 Å². The van der Waals surface area contributed by atoms with Gasteiger partial charge in [0, 0.05) is 12.1 Å². The quantitative estimate of drug-likeness (QED) is 0.564. The number of nitrogens with two attached hydrogens (primary N) is 1. The average Bonchev–Trinajstić information content (AvgIpc) is 2.58. The minimum atomic E-state index is -0.0475. The summed E-state index contributed by atoms with van der Waals surface area (Å²) in [6.07, 6.45) is 0.744. The van der Waals surface area contributed by atoms with Crippen LogP contribution in [0.15, 0.2) is 72.8 Å². The predicted molar refractivity (Wildman–Crippen MR) is 98.7 cm³/mol. The van der Waals surface area contributed by atoms with Crippen molar-refractivity contribution < 1.29 is 0 Å². The Morgan fingerprint density at radius 2 is 1.67 bits per heavy atom. The second kappa shape index (κ2) is 6.96. The summed E-state index contributed by atoms with van der Waals surface area (Å²) < 4.78 is 0. The van der Waals surface area contributed by atoms with Crippen molar-refractivity contribution in [3.63, 3.8) is 0 Å². The molecule has 4 heteroatoms. The lowest BCUT2D eigenvalue weighted by molar-refractivity contribution is 1.05. The average molecular weight is 316 g/mol. The van der Waals surface area contributed by atoms with Crippen LogP contribution in [0.2, 0.25) is 0 Å². The number of para-hydroxylation sites is 1. The second-order valence-corrected chi connectivity index (χ2v) is 5.66. The molecule has 0 aliphatic heterocycles. The van der Waals surface area contributed by atoms with Crippen molar-refractivity contribution in [1.82, 2.24) is 4.98 Å². The van der Waals surface area contributed by atoms with Gasteiger partial charge in [0.25, 0.3) is 0 Å². The van der Waals surface area contributed by atoms with Gasteiger partial charge < -0.3 is 5.73 Å². The van der Waals surface area contributed by atoms with Gasteiger partial charge in [-0.05, 0) is 36.2 Å². The third-order valence-corrected chi connectivity index (χ3v) is 3.85. The zero-order valence-corrected chi connectivity index (χ0v) is 13.6. The van der Waals surface area contributed by atoms with Crippen LogP contribution in [-0.2, 0) is 6.42 Å². The molecule has 0 fully saturated rings. The van der Waals surface area contributed by atoms with E-state index in [2.05, 4.69) is 12.1 Å². The fourth-order valence-corrected chi connectivity index (χ4v) is 2.69. The molecule has 0 saturated carbocycles. The lowest BCUT2D eigenvalue weighted by Gasteiger charge is -2.24. The van der Waals surface area contributed by atoms with Crippen LogP contribution >= 0.6 is 0 Å². The summed E-state index contributed by atoms with van der Waals surface area (Å²) in [5, 5.41) is 7.98. The van der Waals surface area contributed by atoms with Gasteiger partial charge in [-0.15, -0.1) is 0 Å². The Kier molecular flexibility index (Phi) is 4.57. The van der Waals surface area contributed by atoms with E-state index in [1.54, 1.807) is 4.90 Å². The molecule has 3 rings (SSSR count). The number of aryl methyl sites for hydroxylation is 1. The maximum atomic E-state index is 7.98. The molecular formula is C20H20N4. The predicted octanol–water partition coefficient (Wildman–Crippen LogP) is 4.01.